The molecule has 8 aromatic rings. The van der Waals surface area contributed by atoms with Crippen LogP contribution in [0.1, 0.15) is 69.2 Å². The van der Waals surface area contributed by atoms with Crippen LogP contribution in [-0.4, -0.2) is 42.9 Å². The summed E-state index contributed by atoms with van der Waals surface area (Å²) in [6.07, 6.45) is 0.120. The maximum atomic E-state index is 6.26. The highest BCUT2D eigenvalue weighted by molar-refractivity contribution is 9.10. The molecule has 0 amide bonds. The Morgan fingerprint density at radius 3 is 1.41 bits per heavy atom. The van der Waals surface area contributed by atoms with Crippen molar-refractivity contribution in [3.8, 4) is 22.3 Å². The predicted molar refractivity (Wildman–Crippen MR) is 265 cm³/mol. The van der Waals surface area contributed by atoms with Gasteiger partial charge in [-0.3, -0.25) is 0 Å². The van der Waals surface area contributed by atoms with Crippen molar-refractivity contribution in [1.82, 2.24) is 0 Å². The molecule has 0 unspecified atom stereocenters. The molecule has 2 aliphatic heterocycles. The van der Waals surface area contributed by atoms with Crippen LogP contribution >= 0.6 is 38.6 Å². The van der Waals surface area contributed by atoms with Gasteiger partial charge < -0.3 is 23.3 Å². The summed E-state index contributed by atoms with van der Waals surface area (Å²) in [6.45, 7) is 20.3. The largest absolute Gasteiger partial charge is 0.640 e. The van der Waals surface area contributed by atoms with Crippen molar-refractivity contribution in [3.05, 3.63) is 138 Å². The molecular formula is C51H53B2BrO5S2. The molecule has 312 valence electrons. The first-order valence-corrected chi connectivity index (χ1v) is 23.4. The molecule has 0 spiro atoms. The van der Waals surface area contributed by atoms with Gasteiger partial charge >= 0.3 is 14.4 Å². The molecule has 6 aromatic carbocycles. The van der Waals surface area contributed by atoms with Gasteiger partial charge in [0.1, 0.15) is 0 Å². The normalized spacial score (nSPS) is 17.5. The zero-order valence-electron chi connectivity index (χ0n) is 36.7. The Morgan fingerprint density at radius 2 is 0.918 bits per heavy atom. The average Bonchev–Trinajstić information content (AvgIpc) is 3.90. The third-order valence-corrected chi connectivity index (χ3v) is 15.2. The van der Waals surface area contributed by atoms with Gasteiger partial charge in [-0.05, 0) is 121 Å². The standard InChI is InChI=1S/C24H23BO2S.C18H11BrS.C9H19BO3/c1-23(2)24(3,4)27-25(26-23)17-10-7-9-16(15-17)18-12-8-13-20-19-11-5-6-14-21(19)28-22(18)20;19-13-6-3-5-12(11-13)14-8-4-9-16-15-7-1-2-10-17(15)20-18(14)16;1-7(2)11-10-12-8(3,4)9(5,6)13-10/h5-15H,1-4H3;1-11H;7H,1-6H3. The van der Waals surface area contributed by atoms with Crippen LogP contribution in [0.4, 0.5) is 0 Å². The monoisotopic (exact) mass is 910 g/mol. The molecule has 0 N–H and O–H groups in total. The molecule has 2 aliphatic rings. The first kappa shape index (κ1) is 43.8. The van der Waals surface area contributed by atoms with Gasteiger partial charge in [0.25, 0.3) is 0 Å². The summed E-state index contributed by atoms with van der Waals surface area (Å²) in [4.78, 5) is 0. The molecule has 10 heteroatoms. The van der Waals surface area contributed by atoms with E-state index < -0.39 is 7.32 Å². The smallest absolute Gasteiger partial charge is 0.399 e. The lowest BCUT2D eigenvalue weighted by Crippen LogP contribution is -2.41. The summed E-state index contributed by atoms with van der Waals surface area (Å²) < 4.78 is 35.7. The van der Waals surface area contributed by atoms with Gasteiger partial charge in [-0.2, -0.15) is 0 Å². The Labute approximate surface area is 377 Å². The highest BCUT2D eigenvalue weighted by Gasteiger charge is 2.53. The zero-order valence-corrected chi connectivity index (χ0v) is 39.9. The second-order valence-corrected chi connectivity index (χ2v) is 21.0. The minimum Gasteiger partial charge on any atom is -0.399 e. The van der Waals surface area contributed by atoms with Crippen LogP contribution in [-0.2, 0) is 23.3 Å². The van der Waals surface area contributed by atoms with Crippen molar-refractivity contribution >= 4 is 98.9 Å². The highest BCUT2D eigenvalue weighted by atomic mass is 79.9. The fourth-order valence-corrected chi connectivity index (χ4v) is 10.4. The first-order chi connectivity index (χ1) is 28.9. The summed E-state index contributed by atoms with van der Waals surface area (Å²) in [7, 11) is -0.864. The Kier molecular flexibility index (Phi) is 12.2. The van der Waals surface area contributed by atoms with Crippen LogP contribution in [0.2, 0.25) is 0 Å². The van der Waals surface area contributed by atoms with Crippen molar-refractivity contribution in [2.45, 2.75) is 97.7 Å². The van der Waals surface area contributed by atoms with E-state index in [4.69, 9.17) is 23.3 Å². The second-order valence-electron chi connectivity index (χ2n) is 18.0. The van der Waals surface area contributed by atoms with E-state index in [1.54, 1.807) is 0 Å². The molecule has 0 aliphatic carbocycles. The van der Waals surface area contributed by atoms with Crippen molar-refractivity contribution in [3.63, 3.8) is 0 Å². The van der Waals surface area contributed by atoms with Crippen molar-refractivity contribution in [2.75, 3.05) is 0 Å². The van der Waals surface area contributed by atoms with Gasteiger partial charge in [0.15, 0.2) is 0 Å². The Hall–Kier alpha value is -3.83. The van der Waals surface area contributed by atoms with E-state index in [1.165, 1.54) is 62.6 Å². The third kappa shape index (κ3) is 8.89. The number of fused-ring (bicyclic) bond motifs is 6. The Morgan fingerprint density at radius 1 is 0.492 bits per heavy atom. The molecule has 2 aromatic heterocycles. The summed E-state index contributed by atoms with van der Waals surface area (Å²) >= 11 is 7.29. The van der Waals surface area contributed by atoms with Crippen molar-refractivity contribution < 1.29 is 23.3 Å². The molecule has 4 heterocycles. The number of halogens is 1. The number of thiophene rings is 2. The molecule has 61 heavy (non-hydrogen) atoms. The van der Waals surface area contributed by atoms with E-state index in [0.717, 1.165) is 9.94 Å². The van der Waals surface area contributed by atoms with Crippen LogP contribution in [0.3, 0.4) is 0 Å². The minimum atomic E-state index is -0.523. The van der Waals surface area contributed by atoms with Gasteiger partial charge in [0, 0.05) is 50.9 Å². The third-order valence-electron chi connectivity index (χ3n) is 12.3. The molecule has 10 rings (SSSR count). The lowest BCUT2D eigenvalue weighted by molar-refractivity contribution is 0.00578. The lowest BCUT2D eigenvalue weighted by atomic mass is 9.78. The quantitative estimate of drug-likeness (QED) is 0.161. The maximum absolute atomic E-state index is 6.26. The topological polar surface area (TPSA) is 46.2 Å². The molecule has 0 bridgehead atoms. The SMILES string of the molecule is Brc1cccc(-c2cccc3c2sc2ccccc23)c1.CC(C)OB1OC(C)(C)C(C)(C)O1.CC1(C)OB(c2cccc(-c3cccc4c3sc3ccccc34)c2)OC1(C)C. The molecule has 2 fully saturated rings. The van der Waals surface area contributed by atoms with Crippen LogP contribution in [0, 0.1) is 0 Å². The van der Waals surface area contributed by atoms with Crippen LogP contribution in [0.5, 0.6) is 0 Å². The van der Waals surface area contributed by atoms with Gasteiger partial charge in [-0.25, -0.2) is 0 Å². The first-order valence-electron chi connectivity index (χ1n) is 21.0. The number of hydrogen-bond acceptors (Lipinski definition) is 7. The summed E-state index contributed by atoms with van der Waals surface area (Å²) in [5, 5.41) is 5.35. The summed E-state index contributed by atoms with van der Waals surface area (Å²) in [5.41, 5.74) is 4.83. The van der Waals surface area contributed by atoms with E-state index in [0.29, 0.717) is 0 Å². The highest BCUT2D eigenvalue weighted by Crippen LogP contribution is 2.42. The molecule has 0 atom stereocenters. The van der Waals surface area contributed by atoms with Crippen LogP contribution < -0.4 is 5.46 Å². The predicted octanol–water partition coefficient (Wildman–Crippen LogP) is 14.5. The van der Waals surface area contributed by atoms with E-state index in [9.17, 15) is 0 Å². The second kappa shape index (κ2) is 17.0. The fourth-order valence-electron chi connectivity index (χ4n) is 7.50. The van der Waals surface area contributed by atoms with Gasteiger partial charge in [0.05, 0.1) is 22.4 Å². The molecule has 0 saturated carbocycles. The molecule has 5 nitrogen and oxygen atoms in total. The minimum absolute atomic E-state index is 0.120. The number of benzene rings is 6. The van der Waals surface area contributed by atoms with Crippen LogP contribution in [0.25, 0.3) is 62.6 Å². The van der Waals surface area contributed by atoms with E-state index in [1.807, 2.05) is 64.2 Å². The zero-order chi connectivity index (χ0) is 43.3. The maximum Gasteiger partial charge on any atom is 0.640 e. The summed E-state index contributed by atoms with van der Waals surface area (Å²) in [6, 6.07) is 47.5. The molecule has 2 saturated heterocycles. The van der Waals surface area contributed by atoms with E-state index in [2.05, 4.69) is 177 Å². The molecular weight excluding hydrogens is 858 g/mol. The number of rotatable bonds is 5. The Bertz CT molecular complexity index is 2810. The average molecular weight is 912 g/mol. The Balaban J connectivity index is 0.000000136. The lowest BCUT2D eigenvalue weighted by Gasteiger charge is -2.32. The van der Waals surface area contributed by atoms with Crippen molar-refractivity contribution in [2.24, 2.45) is 0 Å². The van der Waals surface area contributed by atoms with E-state index in [-0.39, 0.29) is 35.6 Å². The van der Waals surface area contributed by atoms with Crippen LogP contribution in [0.15, 0.2) is 138 Å². The number of hydrogen-bond donors (Lipinski definition) is 0. The van der Waals surface area contributed by atoms with Gasteiger partial charge in [-0.1, -0.05) is 125 Å². The van der Waals surface area contributed by atoms with E-state index >= 15 is 0 Å². The molecule has 0 radical (unpaired) electrons. The van der Waals surface area contributed by atoms with Crippen molar-refractivity contribution in [1.29, 1.82) is 0 Å². The fraction of sp³-hybridized carbons (Fsp3) is 0.294. The van der Waals surface area contributed by atoms with Gasteiger partial charge in [-0.15, -0.1) is 22.7 Å². The summed E-state index contributed by atoms with van der Waals surface area (Å²) in [5.74, 6) is 0. The van der Waals surface area contributed by atoms with Gasteiger partial charge in [0.2, 0.25) is 0 Å².